The van der Waals surface area contributed by atoms with Gasteiger partial charge in [-0.3, -0.25) is 4.79 Å². The predicted molar refractivity (Wildman–Crippen MR) is 85.7 cm³/mol. The van der Waals surface area contributed by atoms with Gasteiger partial charge in [-0.25, -0.2) is 0 Å². The first-order chi connectivity index (χ1) is 8.99. The van der Waals surface area contributed by atoms with E-state index in [1.54, 1.807) is 36.4 Å². The summed E-state index contributed by atoms with van der Waals surface area (Å²) in [5, 5.41) is 3.15. The topological polar surface area (TPSA) is 55.1 Å². The largest absolute Gasteiger partial charge is 0.398 e. The smallest absolute Gasteiger partial charge is 0.257 e. The summed E-state index contributed by atoms with van der Waals surface area (Å²) in [6.07, 6.45) is 0. The zero-order chi connectivity index (χ0) is 14.0. The average molecular weight is 404 g/mol. The van der Waals surface area contributed by atoms with Crippen LogP contribution in [0.2, 0.25) is 5.02 Å². The molecule has 0 heterocycles. The molecule has 0 bridgehead atoms. The van der Waals surface area contributed by atoms with Crippen molar-refractivity contribution in [2.45, 2.75) is 0 Å². The molecule has 0 fully saturated rings. The minimum absolute atomic E-state index is 0.275. The number of nitrogens with two attached hydrogens (primary N) is 1. The molecule has 0 aliphatic heterocycles. The standard InChI is InChI=1S/C13H9Br2ClN2O/c14-9-3-1-2-8(12(9)16)13(19)18-7-4-5-11(17)10(15)6-7/h1-6H,17H2,(H,18,19). The molecule has 19 heavy (non-hydrogen) atoms. The number of hydrogen-bond acceptors (Lipinski definition) is 2. The first-order valence-electron chi connectivity index (χ1n) is 5.29. The van der Waals surface area contributed by atoms with Crippen molar-refractivity contribution in [3.63, 3.8) is 0 Å². The molecule has 6 heteroatoms. The minimum atomic E-state index is -0.275. The number of carbonyl (C=O) groups excluding carboxylic acids is 1. The molecule has 0 atom stereocenters. The van der Waals surface area contributed by atoms with Gasteiger partial charge >= 0.3 is 0 Å². The van der Waals surface area contributed by atoms with E-state index >= 15 is 0 Å². The fraction of sp³-hybridized carbons (Fsp3) is 0. The zero-order valence-corrected chi connectivity index (χ0v) is 13.5. The molecule has 98 valence electrons. The van der Waals surface area contributed by atoms with Gasteiger partial charge in [0.05, 0.1) is 10.6 Å². The highest BCUT2D eigenvalue weighted by molar-refractivity contribution is 9.11. The number of hydrogen-bond donors (Lipinski definition) is 2. The molecule has 1 amide bonds. The highest BCUT2D eigenvalue weighted by Gasteiger charge is 2.12. The highest BCUT2D eigenvalue weighted by Crippen LogP contribution is 2.28. The van der Waals surface area contributed by atoms with Crippen LogP contribution in [-0.2, 0) is 0 Å². The Balaban J connectivity index is 2.26. The summed E-state index contributed by atoms with van der Waals surface area (Å²) in [5.41, 5.74) is 7.34. The molecule has 0 saturated heterocycles. The van der Waals surface area contributed by atoms with E-state index < -0.39 is 0 Å². The van der Waals surface area contributed by atoms with Crippen LogP contribution in [-0.4, -0.2) is 5.91 Å². The van der Waals surface area contributed by atoms with Gasteiger partial charge in [0.15, 0.2) is 0 Å². The van der Waals surface area contributed by atoms with Gasteiger partial charge < -0.3 is 11.1 Å². The van der Waals surface area contributed by atoms with E-state index in [4.69, 9.17) is 17.3 Å². The second-order valence-electron chi connectivity index (χ2n) is 3.79. The summed E-state index contributed by atoms with van der Waals surface area (Å²) in [7, 11) is 0. The van der Waals surface area contributed by atoms with E-state index in [0.717, 1.165) is 4.47 Å². The van der Waals surface area contributed by atoms with Crippen molar-refractivity contribution in [3.8, 4) is 0 Å². The van der Waals surface area contributed by atoms with Gasteiger partial charge in [0.1, 0.15) is 0 Å². The Hall–Kier alpha value is -1.04. The molecule has 0 radical (unpaired) electrons. The Morgan fingerprint density at radius 3 is 2.58 bits per heavy atom. The first kappa shape index (κ1) is 14.4. The number of rotatable bonds is 2. The van der Waals surface area contributed by atoms with Crippen LogP contribution < -0.4 is 11.1 Å². The first-order valence-corrected chi connectivity index (χ1v) is 7.26. The van der Waals surface area contributed by atoms with E-state index in [9.17, 15) is 4.79 Å². The Labute approximate surface area is 132 Å². The molecule has 2 aromatic carbocycles. The second kappa shape index (κ2) is 5.94. The number of benzene rings is 2. The van der Waals surface area contributed by atoms with E-state index in [0.29, 0.717) is 26.4 Å². The SMILES string of the molecule is Nc1ccc(NC(=O)c2cccc(Br)c2Cl)cc1Br. The van der Waals surface area contributed by atoms with Crippen LogP contribution in [0.15, 0.2) is 45.3 Å². The van der Waals surface area contributed by atoms with E-state index in [1.165, 1.54) is 0 Å². The maximum atomic E-state index is 12.1. The number of nitrogens with one attached hydrogen (secondary N) is 1. The summed E-state index contributed by atoms with van der Waals surface area (Å²) in [6.45, 7) is 0. The number of amides is 1. The lowest BCUT2D eigenvalue weighted by molar-refractivity contribution is 0.102. The Morgan fingerprint density at radius 2 is 1.89 bits per heavy atom. The third-order valence-corrected chi connectivity index (χ3v) is 4.44. The third kappa shape index (κ3) is 3.29. The fourth-order valence-electron chi connectivity index (χ4n) is 1.48. The Kier molecular flexibility index (Phi) is 4.50. The highest BCUT2D eigenvalue weighted by atomic mass is 79.9. The summed E-state index contributed by atoms with van der Waals surface area (Å²) in [5.74, 6) is -0.275. The molecule has 0 unspecified atom stereocenters. The van der Waals surface area contributed by atoms with Crippen LogP contribution in [0.5, 0.6) is 0 Å². The van der Waals surface area contributed by atoms with Gasteiger partial charge in [-0.1, -0.05) is 17.7 Å². The number of anilines is 2. The normalized spacial score (nSPS) is 10.3. The lowest BCUT2D eigenvalue weighted by atomic mass is 10.2. The molecule has 0 aromatic heterocycles. The van der Waals surface area contributed by atoms with Crippen LogP contribution in [0.25, 0.3) is 0 Å². The molecule has 0 aliphatic carbocycles. The Morgan fingerprint density at radius 1 is 1.16 bits per heavy atom. The number of nitrogen functional groups attached to an aromatic ring is 1. The molecular formula is C13H9Br2ClN2O. The lowest BCUT2D eigenvalue weighted by Crippen LogP contribution is -2.12. The van der Waals surface area contributed by atoms with Crippen molar-refractivity contribution < 1.29 is 4.79 Å². The van der Waals surface area contributed by atoms with E-state index in [-0.39, 0.29) is 5.91 Å². The fourth-order valence-corrected chi connectivity index (χ4v) is 2.44. The van der Waals surface area contributed by atoms with E-state index in [2.05, 4.69) is 37.2 Å². The zero-order valence-electron chi connectivity index (χ0n) is 9.58. The van der Waals surface area contributed by atoms with Crippen LogP contribution in [0.4, 0.5) is 11.4 Å². The van der Waals surface area contributed by atoms with Crippen molar-refractivity contribution >= 4 is 60.7 Å². The van der Waals surface area contributed by atoms with Crippen LogP contribution in [0.3, 0.4) is 0 Å². The second-order valence-corrected chi connectivity index (χ2v) is 5.88. The number of halogens is 3. The Bertz CT molecular complexity index is 647. The molecule has 2 rings (SSSR count). The molecule has 0 aliphatic rings. The quantitative estimate of drug-likeness (QED) is 0.713. The van der Waals surface area contributed by atoms with Gasteiger partial charge in [-0.15, -0.1) is 0 Å². The maximum absolute atomic E-state index is 12.1. The van der Waals surface area contributed by atoms with Gasteiger partial charge in [0.2, 0.25) is 0 Å². The number of carbonyl (C=O) groups is 1. The predicted octanol–water partition coefficient (Wildman–Crippen LogP) is 4.70. The molecule has 0 spiro atoms. The summed E-state index contributed by atoms with van der Waals surface area (Å²) >= 11 is 12.7. The molecule has 0 saturated carbocycles. The summed E-state index contributed by atoms with van der Waals surface area (Å²) in [6, 6.07) is 10.4. The molecular weight excluding hydrogens is 395 g/mol. The van der Waals surface area contributed by atoms with Gasteiger partial charge in [-0.05, 0) is 62.2 Å². The van der Waals surface area contributed by atoms with Crippen LogP contribution >= 0.6 is 43.5 Å². The van der Waals surface area contributed by atoms with Crippen molar-refractivity contribution in [2.75, 3.05) is 11.1 Å². The molecule has 3 nitrogen and oxygen atoms in total. The van der Waals surface area contributed by atoms with Gasteiger partial charge in [0, 0.05) is 20.3 Å². The maximum Gasteiger partial charge on any atom is 0.257 e. The summed E-state index contributed by atoms with van der Waals surface area (Å²) < 4.78 is 1.41. The minimum Gasteiger partial charge on any atom is -0.398 e. The summed E-state index contributed by atoms with van der Waals surface area (Å²) in [4.78, 5) is 12.1. The molecule has 3 N–H and O–H groups in total. The van der Waals surface area contributed by atoms with Gasteiger partial charge in [0.25, 0.3) is 5.91 Å². The van der Waals surface area contributed by atoms with Crippen LogP contribution in [0, 0.1) is 0 Å². The molecule has 2 aromatic rings. The van der Waals surface area contributed by atoms with E-state index in [1.807, 2.05) is 0 Å². The van der Waals surface area contributed by atoms with Crippen molar-refractivity contribution in [2.24, 2.45) is 0 Å². The third-order valence-electron chi connectivity index (χ3n) is 2.45. The van der Waals surface area contributed by atoms with Crippen molar-refractivity contribution in [1.29, 1.82) is 0 Å². The van der Waals surface area contributed by atoms with Crippen molar-refractivity contribution in [3.05, 3.63) is 55.9 Å². The lowest BCUT2D eigenvalue weighted by Gasteiger charge is -2.08. The van der Waals surface area contributed by atoms with Gasteiger partial charge in [-0.2, -0.15) is 0 Å². The van der Waals surface area contributed by atoms with Crippen LogP contribution in [0.1, 0.15) is 10.4 Å². The monoisotopic (exact) mass is 402 g/mol. The average Bonchev–Trinajstić information content (AvgIpc) is 2.37. The van der Waals surface area contributed by atoms with Crippen molar-refractivity contribution in [1.82, 2.24) is 0 Å².